The van der Waals surface area contributed by atoms with Crippen molar-refractivity contribution in [2.75, 3.05) is 17.1 Å². The Morgan fingerprint density at radius 1 is 1.18 bits per heavy atom. The lowest BCUT2D eigenvalue weighted by Gasteiger charge is -2.25. The summed E-state index contributed by atoms with van der Waals surface area (Å²) in [5.41, 5.74) is 0.389. The van der Waals surface area contributed by atoms with Gasteiger partial charge in [0.25, 0.3) is 0 Å². The van der Waals surface area contributed by atoms with Crippen molar-refractivity contribution >= 4 is 16.0 Å². The van der Waals surface area contributed by atoms with Crippen molar-refractivity contribution in [3.8, 4) is 11.3 Å². The fraction of sp³-hybridized carbons (Fsp3) is 0.474. The van der Waals surface area contributed by atoms with Crippen molar-refractivity contribution in [3.63, 3.8) is 0 Å². The molecule has 2 rings (SSSR count). The maximum absolute atomic E-state index is 13.3. The average molecular weight is 411 g/mol. The molecule has 0 aliphatic carbocycles. The van der Waals surface area contributed by atoms with Crippen molar-refractivity contribution in [1.29, 1.82) is 0 Å². The quantitative estimate of drug-likeness (QED) is 0.725. The molecule has 1 aromatic heterocycles. The zero-order chi connectivity index (χ0) is 21.3. The highest BCUT2D eigenvalue weighted by atomic mass is 32.2. The first-order valence-electron chi connectivity index (χ1n) is 8.82. The Morgan fingerprint density at radius 3 is 2.21 bits per heavy atom. The number of aliphatic hydroxyl groups is 2. The second-order valence-corrected chi connectivity index (χ2v) is 9.59. The molecule has 0 unspecified atom stereocenters. The summed E-state index contributed by atoms with van der Waals surface area (Å²) in [6, 6.07) is 5.55. The van der Waals surface area contributed by atoms with Crippen molar-refractivity contribution < 1.29 is 23.0 Å². The van der Waals surface area contributed by atoms with E-state index in [0.29, 0.717) is 22.5 Å². The van der Waals surface area contributed by atoms with Crippen LogP contribution in [-0.4, -0.2) is 47.0 Å². The first kappa shape index (κ1) is 22.2. The van der Waals surface area contributed by atoms with E-state index in [-0.39, 0.29) is 18.5 Å². The summed E-state index contributed by atoms with van der Waals surface area (Å²) in [5.74, 6) is -1.12. The molecule has 0 spiro atoms. The van der Waals surface area contributed by atoms with Gasteiger partial charge in [0.2, 0.25) is 16.0 Å². The van der Waals surface area contributed by atoms with Crippen LogP contribution in [0.2, 0.25) is 0 Å². The van der Waals surface area contributed by atoms with Crippen LogP contribution < -0.4 is 4.31 Å². The fourth-order valence-corrected chi connectivity index (χ4v) is 4.19. The van der Waals surface area contributed by atoms with Crippen LogP contribution in [0.5, 0.6) is 0 Å². The maximum atomic E-state index is 13.3. The summed E-state index contributed by atoms with van der Waals surface area (Å²) in [6.45, 7) is 6.19. The molecule has 0 radical (unpaired) electrons. The summed E-state index contributed by atoms with van der Waals surface area (Å²) in [4.78, 5) is 8.72. The predicted octanol–water partition coefficient (Wildman–Crippen LogP) is 2.44. The molecule has 1 aromatic carbocycles. The number of anilines is 1. The summed E-state index contributed by atoms with van der Waals surface area (Å²) in [5, 5.41) is 19.8. The molecule has 0 saturated heterocycles. The monoisotopic (exact) mass is 411 g/mol. The second-order valence-electron chi connectivity index (χ2n) is 7.59. The molecule has 154 valence electrons. The predicted molar refractivity (Wildman–Crippen MR) is 106 cm³/mol. The first-order chi connectivity index (χ1) is 12.9. The lowest BCUT2D eigenvalue weighted by Crippen LogP contribution is -2.39. The van der Waals surface area contributed by atoms with E-state index in [1.807, 2.05) is 13.8 Å². The van der Waals surface area contributed by atoms with Gasteiger partial charge in [0.15, 0.2) is 0 Å². The van der Waals surface area contributed by atoms with Crippen LogP contribution in [0.1, 0.15) is 44.9 Å². The van der Waals surface area contributed by atoms with Crippen LogP contribution in [0, 0.1) is 5.82 Å². The molecule has 0 saturated carbocycles. The van der Waals surface area contributed by atoms with E-state index < -0.39 is 27.2 Å². The number of rotatable bonds is 7. The van der Waals surface area contributed by atoms with Crippen LogP contribution >= 0.6 is 0 Å². The molecule has 0 bridgehead atoms. The summed E-state index contributed by atoms with van der Waals surface area (Å²) in [7, 11) is -2.59. The van der Waals surface area contributed by atoms with Gasteiger partial charge in [0.1, 0.15) is 5.82 Å². The van der Waals surface area contributed by atoms with Gasteiger partial charge < -0.3 is 10.2 Å². The summed E-state index contributed by atoms with van der Waals surface area (Å²) >= 11 is 0. The van der Waals surface area contributed by atoms with Gasteiger partial charge in [-0.15, -0.1) is 0 Å². The van der Waals surface area contributed by atoms with E-state index in [2.05, 4.69) is 9.97 Å². The molecule has 0 aliphatic heterocycles. The third kappa shape index (κ3) is 5.03. The number of halogens is 1. The Kier molecular flexibility index (Phi) is 6.42. The first-order valence-corrected chi connectivity index (χ1v) is 10.4. The van der Waals surface area contributed by atoms with Crippen molar-refractivity contribution in [1.82, 2.24) is 9.97 Å². The molecule has 7 nitrogen and oxygen atoms in total. The highest BCUT2D eigenvalue weighted by Crippen LogP contribution is 2.30. The minimum absolute atomic E-state index is 0.0792. The molecule has 0 fully saturated rings. The molecule has 1 heterocycles. The van der Waals surface area contributed by atoms with Gasteiger partial charge in [-0.3, -0.25) is 0 Å². The van der Waals surface area contributed by atoms with Gasteiger partial charge in [-0.05, 0) is 44.0 Å². The van der Waals surface area contributed by atoms with Crippen LogP contribution in [0.15, 0.2) is 24.3 Å². The number of aliphatic hydroxyl groups excluding tert-OH is 1. The Balaban J connectivity index is 2.67. The topological polar surface area (TPSA) is 104 Å². The zero-order valence-corrected chi connectivity index (χ0v) is 17.5. The van der Waals surface area contributed by atoms with Gasteiger partial charge in [0.05, 0.1) is 29.3 Å². The second kappa shape index (κ2) is 8.10. The molecule has 2 N–H and O–H groups in total. The number of nitrogens with zero attached hydrogens (tertiary/aromatic N) is 3. The molecule has 0 amide bonds. The van der Waals surface area contributed by atoms with Crippen LogP contribution in [0.25, 0.3) is 11.3 Å². The van der Waals surface area contributed by atoms with E-state index >= 15 is 0 Å². The summed E-state index contributed by atoms with van der Waals surface area (Å²) < 4.78 is 39.6. The fourth-order valence-electron chi connectivity index (χ4n) is 2.78. The highest BCUT2D eigenvalue weighted by Gasteiger charge is 2.30. The van der Waals surface area contributed by atoms with Gasteiger partial charge in [-0.2, -0.15) is 0 Å². The molecule has 9 heteroatoms. The normalized spacial score (nSPS) is 12.5. The maximum Gasteiger partial charge on any atom is 0.240 e. The van der Waals surface area contributed by atoms with Gasteiger partial charge >= 0.3 is 0 Å². The lowest BCUT2D eigenvalue weighted by molar-refractivity contribution is 0.105. The van der Waals surface area contributed by atoms with Crippen molar-refractivity contribution in [2.45, 2.75) is 45.8 Å². The van der Waals surface area contributed by atoms with E-state index in [9.17, 15) is 23.0 Å². The highest BCUT2D eigenvalue weighted by molar-refractivity contribution is 7.92. The largest absolute Gasteiger partial charge is 0.392 e. The Labute approximate surface area is 164 Å². The lowest BCUT2D eigenvalue weighted by atomic mass is 9.99. The van der Waals surface area contributed by atoms with Crippen LogP contribution in [0.4, 0.5) is 10.3 Å². The number of sulfonamides is 1. The smallest absolute Gasteiger partial charge is 0.240 e. The standard InChI is InChI=1S/C19H26FN3O4S/c1-12(2)16-15(10-24)17(13-6-8-14(20)9-7-13)22-18(21-16)23(5)28(26,27)11-19(3,4)25/h6-9,12,24-25H,10-11H2,1-5H3. The molecule has 28 heavy (non-hydrogen) atoms. The third-order valence-corrected chi connectivity index (χ3v) is 6.15. The Bertz CT molecular complexity index is 939. The van der Waals surface area contributed by atoms with Crippen LogP contribution in [-0.2, 0) is 16.6 Å². The van der Waals surface area contributed by atoms with E-state index in [1.165, 1.54) is 45.2 Å². The molecule has 0 atom stereocenters. The summed E-state index contributed by atoms with van der Waals surface area (Å²) in [6.07, 6.45) is 0. The molecule has 2 aromatic rings. The third-order valence-electron chi connectivity index (χ3n) is 4.08. The number of hydrogen-bond donors (Lipinski definition) is 2. The van der Waals surface area contributed by atoms with E-state index in [4.69, 9.17) is 0 Å². The number of aromatic nitrogens is 2. The Morgan fingerprint density at radius 2 is 1.75 bits per heavy atom. The van der Waals surface area contributed by atoms with Gasteiger partial charge in [0, 0.05) is 18.2 Å². The minimum Gasteiger partial charge on any atom is -0.392 e. The molecular weight excluding hydrogens is 385 g/mol. The SMILES string of the molecule is CC(C)c1nc(N(C)S(=O)(=O)CC(C)(C)O)nc(-c2ccc(F)cc2)c1CO. The van der Waals surface area contributed by atoms with Gasteiger partial charge in [-0.1, -0.05) is 13.8 Å². The van der Waals surface area contributed by atoms with Gasteiger partial charge in [-0.25, -0.2) is 27.1 Å². The van der Waals surface area contributed by atoms with Crippen molar-refractivity contribution in [3.05, 3.63) is 41.3 Å². The average Bonchev–Trinajstić information content (AvgIpc) is 2.58. The minimum atomic E-state index is -3.90. The Hall–Kier alpha value is -2.10. The van der Waals surface area contributed by atoms with E-state index in [0.717, 1.165) is 4.31 Å². The molecular formula is C19H26FN3O4S. The number of hydrogen-bond acceptors (Lipinski definition) is 6. The number of benzene rings is 1. The van der Waals surface area contributed by atoms with E-state index in [1.54, 1.807) is 0 Å². The zero-order valence-electron chi connectivity index (χ0n) is 16.6. The van der Waals surface area contributed by atoms with Crippen molar-refractivity contribution in [2.24, 2.45) is 0 Å². The van der Waals surface area contributed by atoms with Crippen LogP contribution in [0.3, 0.4) is 0 Å². The molecule has 0 aliphatic rings.